The number of hydrogen-bond donors (Lipinski definition) is 4. The highest BCUT2D eigenvalue weighted by Crippen LogP contribution is 2.57. The van der Waals surface area contributed by atoms with Crippen LogP contribution in [-0.4, -0.2) is 81.3 Å². The molecular weight excluding hydrogens is 407 g/mol. The minimum atomic E-state index is -2.21. The molecule has 0 aliphatic heterocycles. The minimum absolute atomic E-state index is 0.530. The third kappa shape index (κ3) is 9.76. The lowest BCUT2D eigenvalue weighted by Gasteiger charge is -2.52. The summed E-state index contributed by atoms with van der Waals surface area (Å²) in [5.41, 5.74) is 3.41. The molecule has 0 saturated heterocycles. The van der Waals surface area contributed by atoms with E-state index in [1.807, 2.05) is 0 Å². The first-order valence-corrected chi connectivity index (χ1v) is 14.1. The van der Waals surface area contributed by atoms with Gasteiger partial charge in [-0.2, -0.15) is 4.85 Å². The van der Waals surface area contributed by atoms with Gasteiger partial charge in [-0.1, -0.05) is 53.4 Å². The molecular formula is C22H55N8P. The number of unbranched alkanes of at least 4 members (excludes halogenated alkanes) is 4. The number of rotatable bonds is 20. The van der Waals surface area contributed by atoms with E-state index in [9.17, 15) is 0 Å². The highest BCUT2D eigenvalue weighted by Gasteiger charge is 2.44. The monoisotopic (exact) mass is 462 g/mol. The molecule has 0 unspecified atom stereocenters. The average molecular weight is 463 g/mol. The first-order chi connectivity index (χ1) is 14.8. The largest absolute Gasteiger partial charge is 0.273 e. The number of nitrogens with zero attached hydrogens (tertiary/aromatic N) is 4. The first kappa shape index (κ1) is 30.9. The van der Waals surface area contributed by atoms with E-state index in [-0.39, 0.29) is 0 Å². The van der Waals surface area contributed by atoms with Gasteiger partial charge in [0.2, 0.25) is 0 Å². The van der Waals surface area contributed by atoms with Gasteiger partial charge < -0.3 is 0 Å². The van der Waals surface area contributed by atoms with Crippen molar-refractivity contribution in [3.63, 3.8) is 0 Å². The molecule has 0 aliphatic carbocycles. The van der Waals surface area contributed by atoms with Crippen LogP contribution in [0.4, 0.5) is 0 Å². The summed E-state index contributed by atoms with van der Waals surface area (Å²) < 4.78 is 6.98. The van der Waals surface area contributed by atoms with E-state index < -0.39 is 13.4 Å². The van der Waals surface area contributed by atoms with Gasteiger partial charge in [-0.3, -0.25) is 25.3 Å². The summed E-state index contributed by atoms with van der Waals surface area (Å²) in [6.07, 6.45) is 9.21. The second kappa shape index (κ2) is 17.4. The van der Waals surface area contributed by atoms with E-state index in [4.69, 9.17) is 4.85 Å². The SMILES string of the molecule is CCCCNN=P(N(C)C)(N(C)C)N(C)C(NCCCC)(NCCCC)NCCCC. The molecule has 0 aromatic heterocycles. The summed E-state index contributed by atoms with van der Waals surface area (Å²) >= 11 is 0. The molecule has 0 aliphatic rings. The van der Waals surface area contributed by atoms with E-state index in [0.29, 0.717) is 0 Å². The van der Waals surface area contributed by atoms with E-state index in [0.717, 1.165) is 58.3 Å². The van der Waals surface area contributed by atoms with Crippen LogP contribution in [0.3, 0.4) is 0 Å². The molecule has 0 aromatic rings. The fraction of sp³-hybridized carbons (Fsp3) is 1.00. The fourth-order valence-corrected chi connectivity index (χ4v) is 6.80. The molecule has 0 radical (unpaired) electrons. The van der Waals surface area contributed by atoms with Gasteiger partial charge in [0.05, 0.1) is 0 Å². The molecule has 0 bridgehead atoms. The van der Waals surface area contributed by atoms with Gasteiger partial charge in [-0.25, -0.2) is 10.1 Å². The van der Waals surface area contributed by atoms with Gasteiger partial charge in [0.25, 0.3) is 0 Å². The first-order valence-electron chi connectivity index (χ1n) is 12.5. The quantitative estimate of drug-likeness (QED) is 0.0941. The fourth-order valence-electron chi connectivity index (χ4n) is 3.61. The van der Waals surface area contributed by atoms with Gasteiger partial charge in [0, 0.05) is 6.54 Å². The average Bonchev–Trinajstić information content (AvgIpc) is 2.73. The Morgan fingerprint density at radius 1 is 0.613 bits per heavy atom. The van der Waals surface area contributed by atoms with Crippen LogP contribution in [0.2, 0.25) is 0 Å². The molecule has 0 fully saturated rings. The zero-order valence-electron chi connectivity index (χ0n) is 22.2. The van der Waals surface area contributed by atoms with Crippen LogP contribution in [0.25, 0.3) is 0 Å². The molecule has 31 heavy (non-hydrogen) atoms. The maximum absolute atomic E-state index is 5.16. The van der Waals surface area contributed by atoms with Gasteiger partial charge in [0.1, 0.15) is 0 Å². The number of nitrogens with one attached hydrogen (secondary N) is 4. The van der Waals surface area contributed by atoms with Crippen LogP contribution < -0.4 is 21.4 Å². The lowest BCUT2D eigenvalue weighted by Crippen LogP contribution is -2.75. The zero-order valence-corrected chi connectivity index (χ0v) is 23.1. The van der Waals surface area contributed by atoms with E-state index in [1.165, 1.54) is 19.3 Å². The van der Waals surface area contributed by atoms with E-state index in [1.54, 1.807) is 0 Å². The van der Waals surface area contributed by atoms with Crippen LogP contribution in [0.5, 0.6) is 0 Å². The normalized spacial score (nSPS) is 13.0. The summed E-state index contributed by atoms with van der Waals surface area (Å²) in [4.78, 5) is 5.16. The van der Waals surface area contributed by atoms with E-state index in [2.05, 4.69) is 98.3 Å². The minimum Gasteiger partial charge on any atom is -0.273 e. The van der Waals surface area contributed by atoms with Crippen LogP contribution in [-0.2, 0) is 0 Å². The Morgan fingerprint density at radius 3 is 1.29 bits per heavy atom. The molecule has 4 N–H and O–H groups in total. The van der Waals surface area contributed by atoms with Crippen LogP contribution in [0.15, 0.2) is 4.85 Å². The van der Waals surface area contributed by atoms with Crippen molar-refractivity contribution in [3.8, 4) is 0 Å². The Balaban J connectivity index is 6.27. The van der Waals surface area contributed by atoms with E-state index >= 15 is 0 Å². The lowest BCUT2D eigenvalue weighted by molar-refractivity contribution is 0.0672. The predicted molar refractivity (Wildman–Crippen MR) is 139 cm³/mol. The Kier molecular flexibility index (Phi) is 17.4. The Hall–Kier alpha value is -0.0500. The van der Waals surface area contributed by atoms with Crippen LogP contribution >= 0.6 is 7.51 Å². The summed E-state index contributed by atoms with van der Waals surface area (Å²) in [6.45, 7) is 12.7. The maximum Gasteiger partial charge on any atom is 0.190 e. The van der Waals surface area contributed by atoms with Crippen molar-refractivity contribution in [3.05, 3.63) is 0 Å². The van der Waals surface area contributed by atoms with Gasteiger partial charge in [0.15, 0.2) is 13.4 Å². The smallest absolute Gasteiger partial charge is 0.190 e. The second-order valence-electron chi connectivity index (χ2n) is 8.67. The van der Waals surface area contributed by atoms with Crippen LogP contribution in [0.1, 0.15) is 79.1 Å². The van der Waals surface area contributed by atoms with Crippen molar-refractivity contribution in [2.45, 2.75) is 85.0 Å². The summed E-state index contributed by atoms with van der Waals surface area (Å²) in [6, 6.07) is 0. The molecule has 0 atom stereocenters. The summed E-state index contributed by atoms with van der Waals surface area (Å²) in [5, 5.41) is 11.6. The molecule has 0 spiro atoms. The van der Waals surface area contributed by atoms with Crippen molar-refractivity contribution < 1.29 is 0 Å². The standard InChI is InChI=1S/C22H55N8P/c1-10-14-18-23-22(24-19-15-11-2,25-20-16-12-3)30(9)31(28(5)6,29(7)8)27-26-21-17-13-4/h23-26H,10-21H2,1-9H3. The van der Waals surface area contributed by atoms with Crippen molar-refractivity contribution >= 4 is 7.51 Å². The highest BCUT2D eigenvalue weighted by atomic mass is 31.2. The predicted octanol–water partition coefficient (Wildman–Crippen LogP) is 4.07. The van der Waals surface area contributed by atoms with Gasteiger partial charge >= 0.3 is 0 Å². The molecule has 8 nitrogen and oxygen atoms in total. The van der Waals surface area contributed by atoms with Crippen molar-refractivity contribution in [2.24, 2.45) is 4.85 Å². The molecule has 0 rings (SSSR count). The highest BCUT2D eigenvalue weighted by molar-refractivity contribution is 7.59. The molecule has 0 aromatic carbocycles. The molecule has 9 heteroatoms. The third-order valence-corrected chi connectivity index (χ3v) is 9.20. The second-order valence-corrected chi connectivity index (χ2v) is 12.1. The topological polar surface area (TPSA) is 70.2 Å². The molecule has 0 saturated carbocycles. The zero-order chi connectivity index (χ0) is 23.8. The third-order valence-electron chi connectivity index (χ3n) is 5.54. The van der Waals surface area contributed by atoms with Crippen molar-refractivity contribution in [1.29, 1.82) is 0 Å². The summed E-state index contributed by atoms with van der Waals surface area (Å²) in [5.74, 6) is -0.530. The number of hydrogen-bond acceptors (Lipinski definition) is 4. The Morgan fingerprint density at radius 2 is 0.968 bits per heavy atom. The summed E-state index contributed by atoms with van der Waals surface area (Å²) in [7, 11) is 8.56. The van der Waals surface area contributed by atoms with Gasteiger partial charge in [-0.05, 0) is 80.6 Å². The van der Waals surface area contributed by atoms with Crippen LogP contribution in [0, 0.1) is 0 Å². The van der Waals surface area contributed by atoms with Gasteiger partial charge in [-0.15, -0.1) is 0 Å². The maximum atomic E-state index is 5.16. The Bertz CT molecular complexity index is 446. The van der Waals surface area contributed by atoms with Crippen molar-refractivity contribution in [1.82, 2.24) is 35.4 Å². The molecule has 0 heterocycles. The molecule has 0 amide bonds. The Labute approximate surface area is 194 Å². The van der Waals surface area contributed by atoms with Crippen molar-refractivity contribution in [2.75, 3.05) is 61.4 Å². The lowest BCUT2D eigenvalue weighted by atomic mass is 10.3. The molecule has 188 valence electrons.